The van der Waals surface area contributed by atoms with E-state index < -0.39 is 0 Å². The molecule has 0 fully saturated rings. The van der Waals surface area contributed by atoms with Gasteiger partial charge in [-0.15, -0.1) is 0 Å². The predicted octanol–water partition coefficient (Wildman–Crippen LogP) is 6.95. The summed E-state index contributed by atoms with van der Waals surface area (Å²) in [5.41, 5.74) is 7.57. The monoisotopic (exact) mass is 420 g/mol. The summed E-state index contributed by atoms with van der Waals surface area (Å²) in [6.07, 6.45) is 8.42. The standard InChI is InChI=1S/C28H40N2O/c1-8-29(9-2)25-17-16-24(22(5)20-25)14-12-13-15-28(31-7)27-19-18-26(21-23(27)6)30(10-3)11-4/h12-21,28H,8-11H2,1-7H3. The van der Waals surface area contributed by atoms with Crippen molar-refractivity contribution in [3.05, 3.63) is 76.9 Å². The first-order valence-corrected chi connectivity index (χ1v) is 11.6. The number of anilines is 2. The molecule has 0 aliphatic heterocycles. The van der Waals surface area contributed by atoms with E-state index in [1.54, 1.807) is 7.11 Å². The van der Waals surface area contributed by atoms with Gasteiger partial charge in [-0.2, -0.15) is 0 Å². The number of hydrogen-bond donors (Lipinski definition) is 0. The van der Waals surface area contributed by atoms with E-state index in [0.717, 1.165) is 26.2 Å². The molecule has 1 unspecified atom stereocenters. The summed E-state index contributed by atoms with van der Waals surface area (Å²) in [6.45, 7) is 17.2. The molecular formula is C28H40N2O. The predicted molar refractivity (Wildman–Crippen MR) is 137 cm³/mol. The molecule has 0 aromatic heterocycles. The van der Waals surface area contributed by atoms with Crippen LogP contribution in [0.5, 0.6) is 0 Å². The van der Waals surface area contributed by atoms with Crippen LogP contribution in [0.3, 0.4) is 0 Å². The van der Waals surface area contributed by atoms with Gasteiger partial charge in [0.25, 0.3) is 0 Å². The van der Waals surface area contributed by atoms with E-state index in [2.05, 4.69) is 112 Å². The Morgan fingerprint density at radius 3 is 1.81 bits per heavy atom. The lowest BCUT2D eigenvalue weighted by Crippen LogP contribution is -2.21. The van der Waals surface area contributed by atoms with E-state index in [4.69, 9.17) is 4.74 Å². The highest BCUT2D eigenvalue weighted by Gasteiger charge is 2.11. The van der Waals surface area contributed by atoms with E-state index in [9.17, 15) is 0 Å². The van der Waals surface area contributed by atoms with Gasteiger partial charge in [0.2, 0.25) is 0 Å². The number of hydrogen-bond acceptors (Lipinski definition) is 3. The number of rotatable bonds is 11. The molecule has 0 saturated carbocycles. The Bertz CT molecular complexity index is 877. The number of nitrogens with zero attached hydrogens (tertiary/aromatic N) is 2. The van der Waals surface area contributed by atoms with Crippen LogP contribution in [-0.2, 0) is 4.74 Å². The highest BCUT2D eigenvalue weighted by molar-refractivity contribution is 5.61. The third-order valence-corrected chi connectivity index (χ3v) is 6.00. The molecule has 2 rings (SSSR count). The quantitative estimate of drug-likeness (QED) is 0.366. The zero-order valence-corrected chi connectivity index (χ0v) is 20.5. The highest BCUT2D eigenvalue weighted by atomic mass is 16.5. The Labute approximate surface area is 190 Å². The number of aryl methyl sites for hydroxylation is 2. The van der Waals surface area contributed by atoms with Crippen LogP contribution in [0, 0.1) is 13.8 Å². The zero-order valence-electron chi connectivity index (χ0n) is 20.5. The number of allylic oxidation sites excluding steroid dienone is 2. The number of benzene rings is 2. The van der Waals surface area contributed by atoms with E-state index in [-0.39, 0.29) is 6.10 Å². The van der Waals surface area contributed by atoms with Gasteiger partial charge >= 0.3 is 0 Å². The van der Waals surface area contributed by atoms with Crippen LogP contribution < -0.4 is 9.80 Å². The fourth-order valence-electron chi connectivity index (χ4n) is 4.03. The van der Waals surface area contributed by atoms with E-state index in [1.807, 2.05) is 0 Å². The first kappa shape index (κ1) is 24.7. The van der Waals surface area contributed by atoms with Crippen LogP contribution in [0.15, 0.2) is 54.6 Å². The summed E-state index contributed by atoms with van der Waals surface area (Å²) >= 11 is 0. The van der Waals surface area contributed by atoms with Gasteiger partial charge in [0, 0.05) is 44.7 Å². The van der Waals surface area contributed by atoms with Crippen LogP contribution >= 0.6 is 0 Å². The van der Waals surface area contributed by atoms with Gasteiger partial charge in [0.1, 0.15) is 6.10 Å². The second kappa shape index (κ2) is 12.4. The van der Waals surface area contributed by atoms with Crippen molar-refractivity contribution >= 4 is 17.5 Å². The molecule has 0 N–H and O–H groups in total. The molecule has 31 heavy (non-hydrogen) atoms. The summed E-state index contributed by atoms with van der Waals surface area (Å²) in [7, 11) is 1.77. The molecule has 0 amide bonds. The molecule has 0 saturated heterocycles. The molecule has 3 heteroatoms. The fraction of sp³-hybridized carbons (Fsp3) is 0.429. The highest BCUT2D eigenvalue weighted by Crippen LogP contribution is 2.27. The Balaban J connectivity index is 2.13. The molecule has 0 spiro atoms. The smallest absolute Gasteiger partial charge is 0.101 e. The molecular weight excluding hydrogens is 380 g/mol. The number of ether oxygens (including phenoxy) is 1. The summed E-state index contributed by atoms with van der Waals surface area (Å²) in [6, 6.07) is 13.3. The second-order valence-corrected chi connectivity index (χ2v) is 7.83. The molecule has 1 atom stereocenters. The first-order valence-electron chi connectivity index (χ1n) is 11.6. The average molecular weight is 421 g/mol. The first-order chi connectivity index (χ1) is 15.0. The lowest BCUT2D eigenvalue weighted by atomic mass is 10.0. The molecule has 2 aromatic carbocycles. The molecule has 0 radical (unpaired) electrons. The Morgan fingerprint density at radius 2 is 1.32 bits per heavy atom. The van der Waals surface area contributed by atoms with Crippen molar-refractivity contribution in [2.75, 3.05) is 43.1 Å². The van der Waals surface area contributed by atoms with Crippen LogP contribution in [0.4, 0.5) is 11.4 Å². The van der Waals surface area contributed by atoms with Crippen molar-refractivity contribution in [1.29, 1.82) is 0 Å². The van der Waals surface area contributed by atoms with Crippen molar-refractivity contribution < 1.29 is 4.74 Å². The third kappa shape index (κ3) is 6.48. The van der Waals surface area contributed by atoms with Gasteiger partial charge in [-0.3, -0.25) is 0 Å². The molecule has 0 aliphatic rings. The van der Waals surface area contributed by atoms with Gasteiger partial charge in [-0.25, -0.2) is 0 Å². The topological polar surface area (TPSA) is 15.7 Å². The molecule has 168 valence electrons. The van der Waals surface area contributed by atoms with Gasteiger partial charge in [-0.05, 0) is 88.1 Å². The van der Waals surface area contributed by atoms with Crippen LogP contribution in [-0.4, -0.2) is 33.3 Å². The van der Waals surface area contributed by atoms with Crippen molar-refractivity contribution in [2.45, 2.75) is 47.6 Å². The van der Waals surface area contributed by atoms with Gasteiger partial charge in [-0.1, -0.05) is 36.4 Å². The number of methoxy groups -OCH3 is 1. The maximum Gasteiger partial charge on any atom is 0.101 e. The fourth-order valence-corrected chi connectivity index (χ4v) is 4.03. The summed E-state index contributed by atoms with van der Waals surface area (Å²) in [4.78, 5) is 4.74. The Hall–Kier alpha value is -2.52. The summed E-state index contributed by atoms with van der Waals surface area (Å²) in [5, 5.41) is 0. The van der Waals surface area contributed by atoms with Gasteiger partial charge in [0.15, 0.2) is 0 Å². The minimum Gasteiger partial charge on any atom is -0.373 e. The van der Waals surface area contributed by atoms with Crippen LogP contribution in [0.2, 0.25) is 0 Å². The van der Waals surface area contributed by atoms with E-state index in [0.29, 0.717) is 0 Å². The molecule has 0 aliphatic carbocycles. The summed E-state index contributed by atoms with van der Waals surface area (Å²) < 4.78 is 5.77. The lowest BCUT2D eigenvalue weighted by Gasteiger charge is -2.23. The van der Waals surface area contributed by atoms with Crippen molar-refractivity contribution in [3.63, 3.8) is 0 Å². The Kier molecular flexibility index (Phi) is 9.87. The Morgan fingerprint density at radius 1 is 0.774 bits per heavy atom. The third-order valence-electron chi connectivity index (χ3n) is 6.00. The molecule has 3 nitrogen and oxygen atoms in total. The van der Waals surface area contributed by atoms with Crippen molar-refractivity contribution in [3.8, 4) is 0 Å². The second-order valence-electron chi connectivity index (χ2n) is 7.83. The zero-order chi connectivity index (χ0) is 22.8. The molecule has 2 aromatic rings. The summed E-state index contributed by atoms with van der Waals surface area (Å²) in [5.74, 6) is 0. The van der Waals surface area contributed by atoms with Gasteiger partial charge in [0.05, 0.1) is 0 Å². The lowest BCUT2D eigenvalue weighted by molar-refractivity contribution is 0.142. The average Bonchev–Trinajstić information content (AvgIpc) is 2.77. The minimum atomic E-state index is -0.0541. The van der Waals surface area contributed by atoms with Crippen molar-refractivity contribution in [2.24, 2.45) is 0 Å². The molecule has 0 bridgehead atoms. The van der Waals surface area contributed by atoms with E-state index in [1.165, 1.54) is 33.6 Å². The van der Waals surface area contributed by atoms with Crippen molar-refractivity contribution in [1.82, 2.24) is 0 Å². The molecule has 0 heterocycles. The van der Waals surface area contributed by atoms with Crippen LogP contribution in [0.25, 0.3) is 6.08 Å². The van der Waals surface area contributed by atoms with Gasteiger partial charge < -0.3 is 14.5 Å². The SMILES string of the molecule is CCN(CC)c1ccc(C=CC=CC(OC)c2ccc(N(CC)CC)cc2C)c(C)c1. The largest absolute Gasteiger partial charge is 0.373 e. The maximum absolute atomic E-state index is 5.77. The minimum absolute atomic E-state index is 0.0541. The van der Waals surface area contributed by atoms with E-state index >= 15 is 0 Å². The van der Waals surface area contributed by atoms with Crippen LogP contribution in [0.1, 0.15) is 56.1 Å². The maximum atomic E-state index is 5.77. The normalized spacial score (nSPS) is 12.6.